The Morgan fingerprint density at radius 3 is 1.47 bits per heavy atom. The topological polar surface area (TPSA) is 70.5 Å². The first-order chi connectivity index (χ1) is 15.3. The fourth-order valence-electron chi connectivity index (χ4n) is 5.14. The van der Waals surface area contributed by atoms with E-state index in [4.69, 9.17) is 0 Å². The summed E-state index contributed by atoms with van der Waals surface area (Å²) < 4.78 is 0. The summed E-state index contributed by atoms with van der Waals surface area (Å²) in [7, 11) is 7.77. The summed E-state index contributed by atoms with van der Waals surface area (Å²) >= 11 is 0. The largest absolute Gasteiger partial charge is 0.391 e. The number of nitrogens with zero attached hydrogens (tertiary/aromatic N) is 4. The molecule has 5 rings (SSSR count). The Balaban J connectivity index is 1.46. The van der Waals surface area contributed by atoms with E-state index in [1.54, 1.807) is 6.08 Å². The third kappa shape index (κ3) is 2.85. The van der Waals surface area contributed by atoms with Crippen LogP contribution in [-0.2, 0) is 4.79 Å². The third-order valence-corrected chi connectivity index (χ3v) is 7.00. The summed E-state index contributed by atoms with van der Waals surface area (Å²) in [5, 5.41) is 21.9. The van der Waals surface area contributed by atoms with Gasteiger partial charge in [-0.15, -0.1) is 0 Å². The Kier molecular flexibility index (Phi) is 4.76. The van der Waals surface area contributed by atoms with E-state index in [0.717, 1.165) is 34.4 Å². The quantitative estimate of drug-likeness (QED) is 0.755. The highest BCUT2D eigenvalue weighted by Gasteiger charge is 2.48. The third-order valence-electron chi connectivity index (χ3n) is 7.00. The van der Waals surface area contributed by atoms with Crippen LogP contribution in [0.4, 0.5) is 22.7 Å². The summed E-state index contributed by atoms with van der Waals surface area (Å²) in [6, 6.07) is 16.0. The smallest absolute Gasteiger partial charge is 0.171 e. The number of ketones is 1. The molecule has 2 aromatic rings. The maximum absolute atomic E-state index is 13.0. The number of hydrogen-bond acceptors (Lipinski definition) is 7. The van der Waals surface area contributed by atoms with Gasteiger partial charge in [0.2, 0.25) is 0 Å². The molecule has 3 aliphatic rings. The fraction of sp³-hybridized carbons (Fsp3) is 0.320. The minimum absolute atomic E-state index is 0.356. The molecule has 0 spiro atoms. The highest BCUT2D eigenvalue weighted by molar-refractivity contribution is 5.92. The van der Waals surface area contributed by atoms with Crippen molar-refractivity contribution >= 4 is 28.5 Å². The molecule has 4 unspecified atom stereocenters. The molecule has 0 amide bonds. The van der Waals surface area contributed by atoms with Crippen molar-refractivity contribution in [3.05, 3.63) is 72.3 Å². The summed E-state index contributed by atoms with van der Waals surface area (Å²) in [4.78, 5) is 21.0. The molecule has 0 bridgehead atoms. The first-order valence-electron chi connectivity index (χ1n) is 10.8. The van der Waals surface area contributed by atoms with Crippen molar-refractivity contribution in [3.63, 3.8) is 0 Å². The normalized spacial score (nSPS) is 26.8. The van der Waals surface area contributed by atoms with Gasteiger partial charge in [0.1, 0.15) is 17.7 Å². The van der Waals surface area contributed by atoms with E-state index < -0.39 is 24.0 Å². The molecule has 0 aromatic heterocycles. The van der Waals surface area contributed by atoms with Crippen molar-refractivity contribution in [2.45, 2.75) is 12.2 Å². The molecule has 1 aliphatic carbocycles. The zero-order valence-corrected chi connectivity index (χ0v) is 18.7. The number of Topliss-reactive ketones (excluding diaryl/α,β-unsaturated/α-hetero) is 1. The number of carbonyl (C=O) groups excluding carboxylic acids is 1. The van der Waals surface area contributed by atoms with Crippen LogP contribution in [0.1, 0.15) is 0 Å². The molecule has 2 N–H and O–H groups in total. The summed E-state index contributed by atoms with van der Waals surface area (Å²) in [6.07, 6.45) is 1.33. The van der Waals surface area contributed by atoms with Gasteiger partial charge >= 0.3 is 0 Å². The van der Waals surface area contributed by atoms with Crippen molar-refractivity contribution in [1.82, 2.24) is 0 Å². The first kappa shape index (κ1) is 20.6. The molecule has 4 atom stereocenters. The lowest BCUT2D eigenvalue weighted by molar-refractivity contribution is -0.127. The molecule has 0 saturated heterocycles. The number of para-hydroxylation sites is 4. The molecular weight excluding hydrogens is 404 g/mol. The number of aliphatic hydroxyl groups is 2. The minimum atomic E-state index is -1.26. The summed E-state index contributed by atoms with van der Waals surface area (Å²) in [6.45, 7) is 0. The van der Waals surface area contributed by atoms with E-state index in [9.17, 15) is 15.0 Å². The predicted molar refractivity (Wildman–Crippen MR) is 127 cm³/mol. The van der Waals surface area contributed by atoms with Crippen molar-refractivity contribution in [3.8, 4) is 0 Å². The van der Waals surface area contributed by atoms with Gasteiger partial charge in [0.15, 0.2) is 5.78 Å². The van der Waals surface area contributed by atoms with Crippen LogP contribution in [0, 0.1) is 11.8 Å². The molecule has 0 radical (unpaired) electrons. The number of aliphatic hydroxyl groups excluding tert-OH is 2. The van der Waals surface area contributed by atoms with Crippen molar-refractivity contribution < 1.29 is 15.0 Å². The van der Waals surface area contributed by atoms with Gasteiger partial charge in [-0.3, -0.25) is 4.79 Å². The Morgan fingerprint density at radius 1 is 0.688 bits per heavy atom. The first-order valence-corrected chi connectivity index (χ1v) is 10.8. The second-order valence-electron chi connectivity index (χ2n) is 8.70. The van der Waals surface area contributed by atoms with Gasteiger partial charge in [0.05, 0.1) is 34.8 Å². The van der Waals surface area contributed by atoms with Crippen molar-refractivity contribution in [1.29, 1.82) is 0 Å². The Labute approximate surface area is 188 Å². The number of carbonyl (C=O) groups is 1. The van der Waals surface area contributed by atoms with Crippen LogP contribution in [0.2, 0.25) is 0 Å². The number of rotatable bonds is 2. The average molecular weight is 433 g/mol. The molecule has 1 saturated carbocycles. The van der Waals surface area contributed by atoms with Crippen LogP contribution in [0.5, 0.6) is 0 Å². The number of anilines is 4. The van der Waals surface area contributed by atoms with Crippen LogP contribution in [-0.4, -0.2) is 56.4 Å². The molecule has 2 heterocycles. The van der Waals surface area contributed by atoms with E-state index >= 15 is 0 Å². The zero-order chi connectivity index (χ0) is 22.7. The van der Waals surface area contributed by atoms with Gasteiger partial charge in [0, 0.05) is 34.1 Å². The molecular formula is C25H28N4O3. The predicted octanol–water partition coefficient (Wildman–Crippen LogP) is 2.38. The fourth-order valence-corrected chi connectivity index (χ4v) is 5.14. The second-order valence-corrected chi connectivity index (χ2v) is 8.70. The van der Waals surface area contributed by atoms with Gasteiger partial charge in [-0.2, -0.15) is 0 Å². The van der Waals surface area contributed by atoms with Gasteiger partial charge < -0.3 is 29.8 Å². The van der Waals surface area contributed by atoms with E-state index in [2.05, 4.69) is 0 Å². The zero-order valence-electron chi connectivity index (χ0n) is 18.7. The number of benzene rings is 2. The molecule has 2 aromatic carbocycles. The van der Waals surface area contributed by atoms with Gasteiger partial charge in [0.25, 0.3) is 0 Å². The lowest BCUT2D eigenvalue weighted by atomic mass is 9.99. The Morgan fingerprint density at radius 2 is 1.06 bits per heavy atom. The number of hydrogen-bond donors (Lipinski definition) is 2. The van der Waals surface area contributed by atoms with E-state index in [0.29, 0.717) is 0 Å². The maximum Gasteiger partial charge on any atom is 0.171 e. The molecule has 7 nitrogen and oxygen atoms in total. The monoisotopic (exact) mass is 432 g/mol. The highest BCUT2D eigenvalue weighted by Crippen LogP contribution is 2.43. The van der Waals surface area contributed by atoms with Crippen LogP contribution in [0.25, 0.3) is 0 Å². The highest BCUT2D eigenvalue weighted by atomic mass is 16.3. The lowest BCUT2D eigenvalue weighted by Crippen LogP contribution is -2.29. The second kappa shape index (κ2) is 7.39. The lowest BCUT2D eigenvalue weighted by Gasteiger charge is -2.23. The Bertz CT molecular complexity index is 1080. The van der Waals surface area contributed by atoms with E-state index in [1.807, 2.05) is 102 Å². The van der Waals surface area contributed by atoms with Crippen molar-refractivity contribution in [2.75, 3.05) is 47.8 Å². The average Bonchev–Trinajstić information content (AvgIpc) is 3.28. The molecule has 32 heavy (non-hydrogen) atoms. The SMILES string of the molecule is CN1C(=CC2C(=O)C(O)C(C=C3N(C)c4ccccc4N3C)C2O)N(C)c2ccccc21. The number of fused-ring (bicyclic) bond motifs is 2. The summed E-state index contributed by atoms with van der Waals surface area (Å²) in [5.74, 6) is -0.201. The van der Waals surface area contributed by atoms with Crippen LogP contribution >= 0.6 is 0 Å². The van der Waals surface area contributed by atoms with Crippen LogP contribution in [0.3, 0.4) is 0 Å². The standard InChI is InChI=1S/C25H28N4O3/c1-26-17-9-5-6-10-18(17)27(2)21(26)13-15-23(30)16(25(32)24(15)31)14-22-28(3)19-11-7-8-12-20(19)29(22)4/h5-16,23-24,30-31H,1-4H3. The molecule has 7 heteroatoms. The Hall–Kier alpha value is -3.29. The molecule has 2 aliphatic heterocycles. The van der Waals surface area contributed by atoms with Gasteiger partial charge in [-0.1, -0.05) is 24.3 Å². The van der Waals surface area contributed by atoms with Crippen LogP contribution < -0.4 is 19.6 Å². The van der Waals surface area contributed by atoms with E-state index in [-0.39, 0.29) is 5.78 Å². The minimum Gasteiger partial charge on any atom is -0.391 e. The van der Waals surface area contributed by atoms with E-state index in [1.165, 1.54) is 0 Å². The van der Waals surface area contributed by atoms with Gasteiger partial charge in [-0.05, 0) is 36.4 Å². The molecule has 1 fully saturated rings. The maximum atomic E-state index is 13.0. The van der Waals surface area contributed by atoms with Crippen LogP contribution in [0.15, 0.2) is 72.3 Å². The van der Waals surface area contributed by atoms with Gasteiger partial charge in [-0.25, -0.2) is 0 Å². The molecule has 166 valence electrons. The van der Waals surface area contributed by atoms with Crippen molar-refractivity contribution in [2.24, 2.45) is 11.8 Å². The summed E-state index contributed by atoms with van der Waals surface area (Å²) in [5.41, 5.74) is 4.15.